The van der Waals surface area contributed by atoms with Crippen LogP contribution in [0.5, 0.6) is 0 Å². The summed E-state index contributed by atoms with van der Waals surface area (Å²) < 4.78 is 23.0. The lowest BCUT2D eigenvalue weighted by Crippen LogP contribution is -2.12. The number of sulfonamides is 1. The van der Waals surface area contributed by atoms with E-state index in [2.05, 4.69) is 10.3 Å². The van der Waals surface area contributed by atoms with Crippen LogP contribution in [0.25, 0.3) is 22.0 Å². The number of anilines is 2. The van der Waals surface area contributed by atoms with Crippen LogP contribution in [0, 0.1) is 0 Å². The summed E-state index contributed by atoms with van der Waals surface area (Å²) in [5, 5.41) is 9.64. The van der Waals surface area contributed by atoms with Crippen LogP contribution < -0.4 is 10.5 Å². The molecule has 0 saturated heterocycles. The van der Waals surface area contributed by atoms with Crippen molar-refractivity contribution >= 4 is 49.8 Å². The third kappa shape index (κ3) is 4.29. The molecule has 0 bridgehead atoms. The van der Waals surface area contributed by atoms with E-state index < -0.39 is 10.0 Å². The highest BCUT2D eigenvalue weighted by Crippen LogP contribution is 2.37. The zero-order chi connectivity index (χ0) is 22.2. The molecular weight excluding hydrogens is 434 g/mol. The van der Waals surface area contributed by atoms with Crippen molar-refractivity contribution in [1.82, 2.24) is 4.98 Å². The number of carbonyl (C=O) groups is 1. The van der Waals surface area contributed by atoms with Crippen molar-refractivity contribution in [1.29, 1.82) is 0 Å². The van der Waals surface area contributed by atoms with Gasteiger partial charge in [0.25, 0.3) is 0 Å². The Bertz CT molecular complexity index is 1400. The van der Waals surface area contributed by atoms with E-state index in [0.717, 1.165) is 16.5 Å². The first kappa shape index (κ1) is 21.0. The average Bonchev–Trinajstić information content (AvgIpc) is 2.72. The summed E-state index contributed by atoms with van der Waals surface area (Å²) in [5.41, 5.74) is 3.23. The molecule has 0 spiro atoms. The molecule has 4 aromatic rings. The molecule has 0 atom stereocenters. The Morgan fingerprint density at radius 1 is 1.00 bits per heavy atom. The van der Waals surface area contributed by atoms with Gasteiger partial charge in [0.05, 0.1) is 16.0 Å². The Morgan fingerprint density at radius 3 is 2.29 bits per heavy atom. The molecular formula is C23H18ClN3O3S. The van der Waals surface area contributed by atoms with E-state index in [1.807, 2.05) is 36.4 Å². The second kappa shape index (κ2) is 8.11. The zero-order valence-electron chi connectivity index (χ0n) is 16.5. The van der Waals surface area contributed by atoms with Gasteiger partial charge in [-0.3, -0.25) is 4.79 Å². The number of ketones is 1. The number of halogens is 1. The maximum Gasteiger partial charge on any atom is 0.238 e. The number of pyridine rings is 1. The fourth-order valence-electron chi connectivity index (χ4n) is 3.44. The number of hydrogen-bond donors (Lipinski definition) is 2. The smallest absolute Gasteiger partial charge is 0.238 e. The average molecular weight is 452 g/mol. The quantitative estimate of drug-likeness (QED) is 0.408. The van der Waals surface area contributed by atoms with Crippen LogP contribution in [-0.4, -0.2) is 19.2 Å². The summed E-state index contributed by atoms with van der Waals surface area (Å²) in [6.45, 7) is 1.49. The van der Waals surface area contributed by atoms with E-state index >= 15 is 0 Å². The van der Waals surface area contributed by atoms with Crippen LogP contribution in [0.1, 0.15) is 17.3 Å². The fraction of sp³-hybridized carbons (Fsp3) is 0.0435. The molecule has 0 unspecified atom stereocenters. The van der Waals surface area contributed by atoms with Crippen molar-refractivity contribution < 1.29 is 13.2 Å². The monoisotopic (exact) mass is 451 g/mol. The van der Waals surface area contributed by atoms with Gasteiger partial charge in [-0.05, 0) is 48.9 Å². The lowest BCUT2D eigenvalue weighted by atomic mass is 9.93. The summed E-state index contributed by atoms with van der Waals surface area (Å²) >= 11 is 6.20. The number of nitrogens with one attached hydrogen (secondary N) is 1. The molecule has 3 aromatic carbocycles. The molecule has 0 saturated carbocycles. The molecule has 156 valence electrons. The fourth-order valence-corrected chi connectivity index (χ4v) is 4.12. The van der Waals surface area contributed by atoms with Crippen molar-refractivity contribution in [3.63, 3.8) is 0 Å². The number of benzene rings is 3. The summed E-state index contributed by atoms with van der Waals surface area (Å²) in [4.78, 5) is 17.4. The number of carbonyl (C=O) groups excluding carboxylic acids is 1. The Hall–Kier alpha value is -3.26. The first-order valence-electron chi connectivity index (χ1n) is 9.33. The number of aromatic nitrogens is 1. The molecule has 6 nitrogen and oxygen atoms in total. The van der Waals surface area contributed by atoms with E-state index in [9.17, 15) is 13.2 Å². The van der Waals surface area contributed by atoms with Gasteiger partial charge in [0.2, 0.25) is 10.0 Å². The van der Waals surface area contributed by atoms with Gasteiger partial charge in [-0.2, -0.15) is 0 Å². The van der Waals surface area contributed by atoms with Crippen molar-refractivity contribution in [2.45, 2.75) is 11.8 Å². The zero-order valence-corrected chi connectivity index (χ0v) is 18.0. The highest BCUT2D eigenvalue weighted by atomic mass is 35.5. The van der Waals surface area contributed by atoms with Crippen molar-refractivity contribution in [3.8, 4) is 11.1 Å². The normalized spacial score (nSPS) is 11.5. The highest BCUT2D eigenvalue weighted by molar-refractivity contribution is 7.89. The Morgan fingerprint density at radius 2 is 1.68 bits per heavy atom. The standard InChI is InChI=1S/C23H18ClN3O3S/c1-14(28)21-22(15-5-3-2-4-6-15)19-12-7-16(24)13-20(19)27-23(21)26-17-8-10-18(11-9-17)31(25,29)30/h2-13H,1H3,(H,26,27)(H2,25,29,30). The van der Waals surface area contributed by atoms with Crippen LogP contribution in [0.2, 0.25) is 5.02 Å². The van der Waals surface area contributed by atoms with E-state index in [0.29, 0.717) is 27.6 Å². The molecule has 0 amide bonds. The summed E-state index contributed by atoms with van der Waals surface area (Å²) in [7, 11) is -3.80. The summed E-state index contributed by atoms with van der Waals surface area (Å²) in [6, 6.07) is 20.8. The van der Waals surface area contributed by atoms with Gasteiger partial charge in [0.1, 0.15) is 5.82 Å². The van der Waals surface area contributed by atoms with Gasteiger partial charge in [-0.1, -0.05) is 48.0 Å². The molecule has 4 rings (SSSR count). The van der Waals surface area contributed by atoms with Gasteiger partial charge in [0, 0.05) is 21.7 Å². The van der Waals surface area contributed by atoms with Gasteiger partial charge >= 0.3 is 0 Å². The first-order chi connectivity index (χ1) is 14.7. The van der Waals surface area contributed by atoms with Crippen molar-refractivity contribution in [2.75, 3.05) is 5.32 Å². The Labute approximate surface area is 184 Å². The maximum absolute atomic E-state index is 12.7. The van der Waals surface area contributed by atoms with Crippen LogP contribution in [0.3, 0.4) is 0 Å². The lowest BCUT2D eigenvalue weighted by molar-refractivity contribution is 0.101. The first-order valence-corrected chi connectivity index (χ1v) is 11.3. The summed E-state index contributed by atoms with van der Waals surface area (Å²) in [6.07, 6.45) is 0. The van der Waals surface area contributed by atoms with Gasteiger partial charge in [-0.25, -0.2) is 18.5 Å². The number of fused-ring (bicyclic) bond motifs is 1. The van der Waals surface area contributed by atoms with Gasteiger partial charge in [0.15, 0.2) is 5.78 Å². The number of Topliss-reactive ketones (excluding diaryl/α,β-unsaturated/α-hetero) is 1. The number of hydrogen-bond acceptors (Lipinski definition) is 5. The molecule has 0 aliphatic heterocycles. The van der Waals surface area contributed by atoms with E-state index in [1.54, 1.807) is 24.3 Å². The minimum Gasteiger partial charge on any atom is -0.340 e. The minimum absolute atomic E-state index is 0.00642. The third-order valence-corrected chi connectivity index (χ3v) is 5.97. The Balaban J connectivity index is 1.94. The Kier molecular flexibility index (Phi) is 5.49. The van der Waals surface area contributed by atoms with E-state index in [4.69, 9.17) is 16.7 Å². The van der Waals surface area contributed by atoms with Crippen molar-refractivity contribution in [3.05, 3.63) is 83.4 Å². The third-order valence-electron chi connectivity index (χ3n) is 4.81. The topological polar surface area (TPSA) is 102 Å². The molecule has 31 heavy (non-hydrogen) atoms. The lowest BCUT2D eigenvalue weighted by Gasteiger charge is -2.17. The van der Waals surface area contributed by atoms with Gasteiger partial charge in [-0.15, -0.1) is 0 Å². The van der Waals surface area contributed by atoms with Crippen LogP contribution >= 0.6 is 11.6 Å². The summed E-state index contributed by atoms with van der Waals surface area (Å²) in [5.74, 6) is 0.191. The predicted octanol–water partition coefficient (Wildman–Crippen LogP) is 5.15. The largest absolute Gasteiger partial charge is 0.340 e. The molecule has 1 heterocycles. The van der Waals surface area contributed by atoms with E-state index in [-0.39, 0.29) is 10.7 Å². The number of rotatable bonds is 5. The number of nitrogens with two attached hydrogens (primary N) is 1. The maximum atomic E-state index is 12.7. The molecule has 0 aliphatic carbocycles. The van der Waals surface area contributed by atoms with Crippen LogP contribution in [-0.2, 0) is 10.0 Å². The number of primary sulfonamides is 1. The minimum atomic E-state index is -3.80. The molecule has 0 radical (unpaired) electrons. The SMILES string of the molecule is CC(=O)c1c(Nc2ccc(S(N)(=O)=O)cc2)nc2cc(Cl)ccc2c1-c1ccccc1. The number of nitrogens with zero attached hydrogens (tertiary/aromatic N) is 1. The van der Waals surface area contributed by atoms with Crippen LogP contribution in [0.4, 0.5) is 11.5 Å². The molecule has 0 fully saturated rings. The van der Waals surface area contributed by atoms with Gasteiger partial charge < -0.3 is 5.32 Å². The van der Waals surface area contributed by atoms with Crippen LogP contribution in [0.15, 0.2) is 77.7 Å². The highest BCUT2D eigenvalue weighted by Gasteiger charge is 2.20. The molecule has 0 aliphatic rings. The van der Waals surface area contributed by atoms with E-state index in [1.165, 1.54) is 19.1 Å². The molecule has 3 N–H and O–H groups in total. The van der Waals surface area contributed by atoms with Crippen molar-refractivity contribution in [2.24, 2.45) is 5.14 Å². The molecule has 8 heteroatoms. The molecule has 1 aromatic heterocycles. The second-order valence-electron chi connectivity index (χ2n) is 6.99. The second-order valence-corrected chi connectivity index (χ2v) is 8.99. The predicted molar refractivity (Wildman–Crippen MR) is 123 cm³/mol.